The molecule has 2 rings (SSSR count). The molecule has 0 radical (unpaired) electrons. The maximum absolute atomic E-state index is 5.96. The molecule has 1 saturated carbocycles. The molecular formula is C16H26N2O. The summed E-state index contributed by atoms with van der Waals surface area (Å²) in [5.41, 5.74) is 7.31. The van der Waals surface area contributed by atoms with E-state index in [2.05, 4.69) is 30.1 Å². The maximum Gasteiger partial charge on any atom is 0.119 e. The van der Waals surface area contributed by atoms with E-state index in [1.807, 2.05) is 6.07 Å². The van der Waals surface area contributed by atoms with Gasteiger partial charge in [0.15, 0.2) is 0 Å². The van der Waals surface area contributed by atoms with Crippen molar-refractivity contribution < 1.29 is 4.74 Å². The molecule has 0 saturated heterocycles. The molecule has 0 unspecified atom stereocenters. The minimum Gasteiger partial charge on any atom is -0.497 e. The highest BCUT2D eigenvalue weighted by atomic mass is 16.5. The van der Waals surface area contributed by atoms with Gasteiger partial charge in [-0.3, -0.25) is 0 Å². The Hall–Kier alpha value is -1.06. The van der Waals surface area contributed by atoms with E-state index in [1.165, 1.54) is 31.2 Å². The maximum atomic E-state index is 5.96. The third-order valence-electron chi connectivity index (χ3n) is 4.25. The molecule has 0 atom stereocenters. The zero-order valence-electron chi connectivity index (χ0n) is 12.1. The van der Waals surface area contributed by atoms with E-state index < -0.39 is 0 Å². The molecular weight excluding hydrogens is 236 g/mol. The van der Waals surface area contributed by atoms with Gasteiger partial charge < -0.3 is 15.4 Å². The van der Waals surface area contributed by atoms with E-state index in [9.17, 15) is 0 Å². The van der Waals surface area contributed by atoms with Gasteiger partial charge in [-0.1, -0.05) is 12.1 Å². The molecule has 0 spiro atoms. The first-order chi connectivity index (χ1) is 9.19. The predicted molar refractivity (Wildman–Crippen MR) is 79.6 cm³/mol. The molecule has 1 aliphatic carbocycles. The minimum absolute atomic E-state index is 0.433. The van der Waals surface area contributed by atoms with Crippen molar-refractivity contribution in [2.45, 2.75) is 44.2 Å². The van der Waals surface area contributed by atoms with Crippen LogP contribution < -0.4 is 10.5 Å². The lowest BCUT2D eigenvalue weighted by Gasteiger charge is -2.33. The number of nitrogens with two attached hydrogens (primary N) is 1. The van der Waals surface area contributed by atoms with Crippen LogP contribution in [0, 0.1) is 0 Å². The number of likely N-dealkylation sites (N-methyl/N-ethyl adjacent to an activating group) is 1. The molecule has 19 heavy (non-hydrogen) atoms. The van der Waals surface area contributed by atoms with Crippen LogP contribution in [-0.2, 0) is 6.42 Å². The van der Waals surface area contributed by atoms with Crippen molar-refractivity contribution in [2.75, 3.05) is 20.7 Å². The van der Waals surface area contributed by atoms with Crippen molar-refractivity contribution in [1.29, 1.82) is 0 Å². The summed E-state index contributed by atoms with van der Waals surface area (Å²) in [5.74, 6) is 0.948. The topological polar surface area (TPSA) is 38.5 Å². The number of ether oxygens (including phenoxy) is 1. The van der Waals surface area contributed by atoms with E-state index >= 15 is 0 Å². The van der Waals surface area contributed by atoms with E-state index in [4.69, 9.17) is 10.5 Å². The van der Waals surface area contributed by atoms with Crippen LogP contribution in [0.25, 0.3) is 0 Å². The molecule has 0 aliphatic heterocycles. The molecule has 1 fully saturated rings. The van der Waals surface area contributed by atoms with Crippen molar-refractivity contribution in [1.82, 2.24) is 4.90 Å². The van der Waals surface area contributed by atoms with Gasteiger partial charge in [-0.2, -0.15) is 0 Å². The lowest BCUT2D eigenvalue weighted by molar-refractivity contribution is 0.185. The van der Waals surface area contributed by atoms with E-state index in [1.54, 1.807) is 7.11 Å². The summed E-state index contributed by atoms with van der Waals surface area (Å²) in [4.78, 5) is 2.49. The summed E-state index contributed by atoms with van der Waals surface area (Å²) < 4.78 is 5.26. The van der Waals surface area contributed by atoms with Crippen LogP contribution >= 0.6 is 0 Å². The number of hydrogen-bond donors (Lipinski definition) is 1. The molecule has 1 aliphatic rings. The quantitative estimate of drug-likeness (QED) is 0.886. The first-order valence-electron chi connectivity index (χ1n) is 7.28. The van der Waals surface area contributed by atoms with Crippen LogP contribution in [0.5, 0.6) is 5.75 Å². The van der Waals surface area contributed by atoms with E-state index in [-0.39, 0.29) is 0 Å². The number of hydrogen-bond acceptors (Lipinski definition) is 3. The first-order valence-corrected chi connectivity index (χ1v) is 7.28. The fourth-order valence-electron chi connectivity index (χ4n) is 2.86. The van der Waals surface area contributed by atoms with Crippen molar-refractivity contribution in [3.8, 4) is 5.75 Å². The normalized spacial score (nSPS) is 23.6. The Balaban J connectivity index is 1.80. The molecule has 1 aromatic carbocycles. The molecule has 1 aromatic rings. The zero-order chi connectivity index (χ0) is 13.7. The van der Waals surface area contributed by atoms with E-state index in [0.29, 0.717) is 12.1 Å². The minimum atomic E-state index is 0.433. The second kappa shape index (κ2) is 6.92. The average Bonchev–Trinajstić information content (AvgIpc) is 2.46. The molecule has 0 amide bonds. The fourth-order valence-corrected chi connectivity index (χ4v) is 2.86. The number of nitrogens with zero attached hydrogens (tertiary/aromatic N) is 1. The highest BCUT2D eigenvalue weighted by Gasteiger charge is 2.21. The van der Waals surface area contributed by atoms with Crippen molar-refractivity contribution in [3.63, 3.8) is 0 Å². The highest BCUT2D eigenvalue weighted by molar-refractivity contribution is 5.28. The Bertz CT molecular complexity index is 386. The van der Waals surface area contributed by atoms with E-state index in [0.717, 1.165) is 18.7 Å². The summed E-state index contributed by atoms with van der Waals surface area (Å²) in [6.07, 6.45) is 5.92. The molecule has 0 heterocycles. The molecule has 3 nitrogen and oxygen atoms in total. The summed E-state index contributed by atoms with van der Waals surface area (Å²) >= 11 is 0. The van der Waals surface area contributed by atoms with Gasteiger partial charge in [-0.15, -0.1) is 0 Å². The van der Waals surface area contributed by atoms with Crippen molar-refractivity contribution in [3.05, 3.63) is 29.8 Å². The number of benzene rings is 1. The third kappa shape index (κ3) is 4.22. The zero-order valence-corrected chi connectivity index (χ0v) is 12.1. The van der Waals surface area contributed by atoms with Gasteiger partial charge in [0.05, 0.1) is 7.11 Å². The molecule has 3 heteroatoms. The van der Waals surface area contributed by atoms with Crippen LogP contribution in [0.3, 0.4) is 0 Å². The van der Waals surface area contributed by atoms with Crippen LogP contribution in [0.1, 0.15) is 31.2 Å². The fraction of sp³-hybridized carbons (Fsp3) is 0.625. The Kier molecular flexibility index (Phi) is 5.23. The Morgan fingerprint density at radius 3 is 2.68 bits per heavy atom. The molecule has 2 N–H and O–H groups in total. The summed E-state index contributed by atoms with van der Waals surface area (Å²) in [5, 5.41) is 0. The second-order valence-corrected chi connectivity index (χ2v) is 5.65. The van der Waals surface area contributed by atoms with Gasteiger partial charge in [-0.25, -0.2) is 0 Å². The Morgan fingerprint density at radius 2 is 2.00 bits per heavy atom. The van der Waals surface area contributed by atoms with Gasteiger partial charge in [0.25, 0.3) is 0 Å². The largest absolute Gasteiger partial charge is 0.497 e. The van der Waals surface area contributed by atoms with Gasteiger partial charge in [0.1, 0.15) is 5.75 Å². The third-order valence-corrected chi connectivity index (χ3v) is 4.25. The van der Waals surface area contributed by atoms with Crippen LogP contribution in [0.4, 0.5) is 0 Å². The number of rotatable bonds is 5. The van der Waals surface area contributed by atoms with Crippen LogP contribution in [0.15, 0.2) is 24.3 Å². The Morgan fingerprint density at radius 1 is 1.26 bits per heavy atom. The van der Waals surface area contributed by atoms with Gasteiger partial charge in [-0.05, 0) is 56.8 Å². The molecule has 0 aromatic heterocycles. The van der Waals surface area contributed by atoms with Crippen molar-refractivity contribution in [2.24, 2.45) is 5.73 Å². The first kappa shape index (κ1) is 14.4. The summed E-state index contributed by atoms with van der Waals surface area (Å²) in [7, 11) is 3.96. The van der Waals surface area contributed by atoms with Crippen molar-refractivity contribution >= 4 is 0 Å². The lowest BCUT2D eigenvalue weighted by Crippen LogP contribution is -2.39. The SMILES string of the molecule is COc1cccc(CCN(C)C2CCC(N)CC2)c1. The van der Waals surface area contributed by atoms with Gasteiger partial charge >= 0.3 is 0 Å². The second-order valence-electron chi connectivity index (χ2n) is 5.65. The monoisotopic (exact) mass is 262 g/mol. The standard InChI is InChI=1S/C16H26N2O/c1-18(15-8-6-14(17)7-9-15)11-10-13-4-3-5-16(12-13)19-2/h3-5,12,14-15H,6-11,17H2,1-2H3. The summed E-state index contributed by atoms with van der Waals surface area (Å²) in [6, 6.07) is 9.51. The molecule has 106 valence electrons. The smallest absolute Gasteiger partial charge is 0.119 e. The highest BCUT2D eigenvalue weighted by Crippen LogP contribution is 2.21. The Labute approximate surface area is 116 Å². The summed E-state index contributed by atoms with van der Waals surface area (Å²) in [6.45, 7) is 1.10. The molecule has 0 bridgehead atoms. The van der Waals surface area contributed by atoms with Crippen LogP contribution in [0.2, 0.25) is 0 Å². The lowest BCUT2D eigenvalue weighted by atomic mass is 9.91. The predicted octanol–water partition coefficient (Wildman–Crippen LogP) is 2.44. The van der Waals surface area contributed by atoms with Gasteiger partial charge in [0, 0.05) is 18.6 Å². The number of methoxy groups -OCH3 is 1. The van der Waals surface area contributed by atoms with Crippen LogP contribution in [-0.4, -0.2) is 37.7 Å². The average molecular weight is 262 g/mol. The van der Waals surface area contributed by atoms with Gasteiger partial charge in [0.2, 0.25) is 0 Å².